The van der Waals surface area contributed by atoms with E-state index in [4.69, 9.17) is 0 Å². The first-order chi connectivity index (χ1) is 14.0. The summed E-state index contributed by atoms with van der Waals surface area (Å²) in [5, 5.41) is 3.77. The van der Waals surface area contributed by atoms with E-state index in [0.717, 1.165) is 16.6 Å². The average Bonchev–Trinajstić information content (AvgIpc) is 2.75. The third-order valence-corrected chi connectivity index (χ3v) is 7.37. The Labute approximate surface area is 170 Å². The van der Waals surface area contributed by atoms with Gasteiger partial charge in [-0.2, -0.15) is 4.31 Å². The van der Waals surface area contributed by atoms with Gasteiger partial charge in [-0.3, -0.25) is 9.78 Å². The second-order valence-electron chi connectivity index (χ2n) is 7.31. The number of rotatable bonds is 4. The van der Waals surface area contributed by atoms with Gasteiger partial charge in [0.2, 0.25) is 15.9 Å². The number of carbonyl (C=O) groups excluding carboxylic acids is 1. The minimum atomic E-state index is -3.66. The van der Waals surface area contributed by atoms with E-state index in [1.54, 1.807) is 24.4 Å². The fourth-order valence-corrected chi connectivity index (χ4v) is 5.36. The van der Waals surface area contributed by atoms with Gasteiger partial charge in [-0.25, -0.2) is 8.42 Å². The molecule has 150 valence electrons. The predicted molar refractivity (Wildman–Crippen MR) is 113 cm³/mol. The van der Waals surface area contributed by atoms with Gasteiger partial charge in [-0.05, 0) is 43.5 Å². The molecule has 0 saturated carbocycles. The zero-order chi connectivity index (χ0) is 20.4. The third kappa shape index (κ3) is 3.88. The van der Waals surface area contributed by atoms with Crippen LogP contribution in [0.1, 0.15) is 18.4 Å². The summed E-state index contributed by atoms with van der Waals surface area (Å²) < 4.78 is 27.9. The summed E-state index contributed by atoms with van der Waals surface area (Å²) in [6.07, 6.45) is 2.59. The summed E-state index contributed by atoms with van der Waals surface area (Å²) in [6.45, 7) is 2.58. The number of anilines is 1. The van der Waals surface area contributed by atoms with E-state index in [0.29, 0.717) is 31.4 Å². The number of amides is 1. The Morgan fingerprint density at radius 3 is 2.52 bits per heavy atom. The summed E-state index contributed by atoms with van der Waals surface area (Å²) in [5.74, 6) is -0.255. The van der Waals surface area contributed by atoms with Crippen molar-refractivity contribution in [1.29, 1.82) is 0 Å². The number of piperidine rings is 1. The fraction of sp³-hybridized carbons (Fsp3) is 0.273. The SMILES string of the molecule is Cc1ccccc1NC(=O)C1CCN(S(=O)(=O)c2cccc3cccnc23)CC1. The third-order valence-electron chi connectivity index (χ3n) is 5.44. The van der Waals surface area contributed by atoms with Crippen molar-refractivity contribution in [2.45, 2.75) is 24.7 Å². The van der Waals surface area contributed by atoms with Gasteiger partial charge in [-0.1, -0.05) is 36.4 Å². The molecule has 0 radical (unpaired) electrons. The van der Waals surface area contributed by atoms with Crippen LogP contribution < -0.4 is 5.32 Å². The fourth-order valence-electron chi connectivity index (χ4n) is 3.73. The van der Waals surface area contributed by atoms with Crippen molar-refractivity contribution in [1.82, 2.24) is 9.29 Å². The van der Waals surface area contributed by atoms with Crippen molar-refractivity contribution in [3.63, 3.8) is 0 Å². The Balaban J connectivity index is 1.47. The monoisotopic (exact) mass is 409 g/mol. The number of nitrogens with one attached hydrogen (secondary N) is 1. The van der Waals surface area contributed by atoms with Crippen LogP contribution >= 0.6 is 0 Å². The van der Waals surface area contributed by atoms with Gasteiger partial charge < -0.3 is 5.32 Å². The Kier molecular flexibility index (Phi) is 5.34. The molecule has 3 aromatic rings. The molecule has 4 rings (SSSR count). The van der Waals surface area contributed by atoms with Gasteiger partial charge in [0.1, 0.15) is 4.90 Å². The number of sulfonamides is 1. The van der Waals surface area contributed by atoms with Gasteiger partial charge in [0.05, 0.1) is 5.52 Å². The summed E-state index contributed by atoms with van der Waals surface area (Å²) >= 11 is 0. The normalized spacial score (nSPS) is 16.0. The highest BCUT2D eigenvalue weighted by molar-refractivity contribution is 7.89. The molecular formula is C22H23N3O3S. The van der Waals surface area contributed by atoms with Crippen molar-refractivity contribution in [3.8, 4) is 0 Å². The minimum Gasteiger partial charge on any atom is -0.326 e. The first-order valence-corrected chi connectivity index (χ1v) is 11.1. The number of aromatic nitrogens is 1. The number of hydrogen-bond acceptors (Lipinski definition) is 4. The minimum absolute atomic E-state index is 0.0526. The number of nitrogens with zero attached hydrogens (tertiary/aromatic N) is 2. The first-order valence-electron chi connectivity index (χ1n) is 9.67. The van der Waals surface area contributed by atoms with E-state index in [2.05, 4.69) is 10.3 Å². The van der Waals surface area contributed by atoms with E-state index >= 15 is 0 Å². The van der Waals surface area contributed by atoms with Gasteiger partial charge in [0.15, 0.2) is 0 Å². The van der Waals surface area contributed by atoms with Crippen molar-refractivity contribution in [2.24, 2.45) is 5.92 Å². The molecule has 0 atom stereocenters. The summed E-state index contributed by atoms with van der Waals surface area (Å²) in [5.41, 5.74) is 2.29. The Morgan fingerprint density at radius 2 is 1.76 bits per heavy atom. The largest absolute Gasteiger partial charge is 0.326 e. The van der Waals surface area contributed by atoms with Crippen LogP contribution in [0.25, 0.3) is 10.9 Å². The molecule has 0 aliphatic carbocycles. The van der Waals surface area contributed by atoms with Crippen LogP contribution in [-0.4, -0.2) is 36.7 Å². The number of benzene rings is 2. The van der Waals surface area contributed by atoms with Crippen LogP contribution in [0.3, 0.4) is 0 Å². The molecule has 1 saturated heterocycles. The maximum atomic E-state index is 13.2. The van der Waals surface area contributed by atoms with E-state index in [9.17, 15) is 13.2 Å². The van der Waals surface area contributed by atoms with E-state index < -0.39 is 10.0 Å². The number of carbonyl (C=O) groups is 1. The maximum absolute atomic E-state index is 13.2. The lowest BCUT2D eigenvalue weighted by atomic mass is 9.97. The molecule has 1 aromatic heterocycles. The molecule has 2 aromatic carbocycles. The van der Waals surface area contributed by atoms with Gasteiger partial charge >= 0.3 is 0 Å². The molecule has 0 unspecified atom stereocenters. The van der Waals surface area contributed by atoms with E-state index in [1.807, 2.05) is 43.3 Å². The number of para-hydroxylation sites is 2. The molecule has 1 aliphatic heterocycles. The maximum Gasteiger partial charge on any atom is 0.245 e. The molecule has 0 spiro atoms. The standard InChI is InChI=1S/C22H23N3O3S/c1-16-6-2-3-9-19(16)24-22(26)18-11-14-25(15-12-18)29(27,28)20-10-4-7-17-8-5-13-23-21(17)20/h2-10,13,18H,11-12,14-15H2,1H3,(H,24,26). The van der Waals surface area contributed by atoms with Crippen LogP contribution in [0.5, 0.6) is 0 Å². The van der Waals surface area contributed by atoms with Gasteiger partial charge in [0.25, 0.3) is 0 Å². The molecule has 29 heavy (non-hydrogen) atoms. The first kappa shape index (κ1) is 19.5. The van der Waals surface area contributed by atoms with Crippen molar-refractivity contribution < 1.29 is 13.2 Å². The number of pyridine rings is 1. The lowest BCUT2D eigenvalue weighted by Gasteiger charge is -2.30. The molecule has 2 heterocycles. The second-order valence-corrected chi connectivity index (χ2v) is 9.22. The smallest absolute Gasteiger partial charge is 0.245 e. The summed E-state index contributed by atoms with van der Waals surface area (Å²) in [4.78, 5) is 17.1. The van der Waals surface area contributed by atoms with Crippen molar-refractivity contribution in [2.75, 3.05) is 18.4 Å². The molecule has 1 fully saturated rings. The zero-order valence-electron chi connectivity index (χ0n) is 16.2. The Morgan fingerprint density at radius 1 is 1.03 bits per heavy atom. The number of fused-ring (bicyclic) bond motifs is 1. The predicted octanol–water partition coefficient (Wildman–Crippen LogP) is 3.58. The van der Waals surface area contributed by atoms with E-state index in [-0.39, 0.29) is 16.7 Å². The molecular weight excluding hydrogens is 386 g/mol. The Bertz CT molecular complexity index is 1150. The van der Waals surface area contributed by atoms with Crippen molar-refractivity contribution in [3.05, 3.63) is 66.4 Å². The van der Waals surface area contributed by atoms with Crippen LogP contribution in [-0.2, 0) is 14.8 Å². The number of aryl methyl sites for hydroxylation is 1. The lowest BCUT2D eigenvalue weighted by Crippen LogP contribution is -2.41. The van der Waals surface area contributed by atoms with Crippen LogP contribution in [0, 0.1) is 12.8 Å². The molecule has 0 bridgehead atoms. The quantitative estimate of drug-likeness (QED) is 0.714. The van der Waals surface area contributed by atoms with E-state index in [1.165, 1.54) is 4.31 Å². The number of hydrogen-bond donors (Lipinski definition) is 1. The highest BCUT2D eigenvalue weighted by Crippen LogP contribution is 2.28. The zero-order valence-corrected chi connectivity index (χ0v) is 17.0. The summed E-state index contributed by atoms with van der Waals surface area (Å²) in [7, 11) is -3.66. The molecule has 1 N–H and O–H groups in total. The molecule has 1 amide bonds. The highest BCUT2D eigenvalue weighted by Gasteiger charge is 2.33. The van der Waals surface area contributed by atoms with Crippen LogP contribution in [0.15, 0.2) is 65.7 Å². The molecule has 6 nitrogen and oxygen atoms in total. The summed E-state index contributed by atoms with van der Waals surface area (Å²) in [6, 6.07) is 16.5. The van der Waals surface area contributed by atoms with Crippen molar-refractivity contribution >= 4 is 32.5 Å². The lowest BCUT2D eigenvalue weighted by molar-refractivity contribution is -0.120. The molecule has 7 heteroatoms. The van der Waals surface area contributed by atoms with Crippen LogP contribution in [0.4, 0.5) is 5.69 Å². The van der Waals surface area contributed by atoms with Gasteiger partial charge in [-0.15, -0.1) is 0 Å². The van der Waals surface area contributed by atoms with Crippen LogP contribution in [0.2, 0.25) is 0 Å². The molecule has 1 aliphatic rings. The van der Waals surface area contributed by atoms with Gasteiger partial charge in [0, 0.05) is 36.3 Å². The highest BCUT2D eigenvalue weighted by atomic mass is 32.2. The second kappa shape index (κ2) is 7.93. The topological polar surface area (TPSA) is 79.4 Å². The average molecular weight is 410 g/mol. The Hall–Kier alpha value is -2.77.